The number of halogens is 1. The average Bonchev–Trinajstić information content (AvgIpc) is 2.75. The summed E-state index contributed by atoms with van der Waals surface area (Å²) in [5, 5.41) is 0.721. The van der Waals surface area contributed by atoms with Crippen LogP contribution in [0.5, 0.6) is 0 Å². The maximum Gasteiger partial charge on any atom is 0.0903 e. The molecule has 3 rings (SSSR count). The second-order valence-corrected chi connectivity index (χ2v) is 3.96. The third-order valence-electron chi connectivity index (χ3n) is 2.56. The maximum atomic E-state index is 6.19. The van der Waals surface area contributed by atoms with Crippen molar-refractivity contribution in [2.75, 3.05) is 0 Å². The number of hydrogen-bond donors (Lipinski definition) is 0. The molecule has 78 valence electrons. The summed E-state index contributed by atoms with van der Waals surface area (Å²) in [5.74, 6) is 0. The van der Waals surface area contributed by atoms with Gasteiger partial charge in [-0.2, -0.15) is 0 Å². The number of pyridine rings is 1. The van der Waals surface area contributed by atoms with Crippen LogP contribution in [0, 0.1) is 0 Å². The van der Waals surface area contributed by atoms with Crippen molar-refractivity contribution in [3.63, 3.8) is 0 Å². The predicted molar refractivity (Wildman–Crippen MR) is 66.1 cm³/mol. The van der Waals surface area contributed by atoms with Crippen molar-refractivity contribution in [3.05, 3.63) is 59.9 Å². The number of hydrogen-bond acceptors (Lipinski definition) is 1. The first-order valence-corrected chi connectivity index (χ1v) is 5.41. The van der Waals surface area contributed by atoms with Crippen molar-refractivity contribution in [1.29, 1.82) is 0 Å². The Balaban J connectivity index is 2.33. The summed E-state index contributed by atoms with van der Waals surface area (Å²) in [6.07, 6.45) is 3.71. The largest absolute Gasteiger partial charge is 0.314 e. The van der Waals surface area contributed by atoms with Gasteiger partial charge < -0.3 is 4.57 Å². The third kappa shape index (κ3) is 1.39. The number of rotatable bonds is 1. The van der Waals surface area contributed by atoms with Gasteiger partial charge in [0.05, 0.1) is 16.1 Å². The normalized spacial score (nSPS) is 10.8. The summed E-state index contributed by atoms with van der Waals surface area (Å²) in [6.45, 7) is 0. The van der Waals surface area contributed by atoms with Crippen molar-refractivity contribution < 1.29 is 0 Å². The van der Waals surface area contributed by atoms with Crippen LogP contribution in [0.1, 0.15) is 0 Å². The molecular formula is C13H9ClN2. The minimum atomic E-state index is 0.721. The first-order chi connectivity index (χ1) is 7.86. The first kappa shape index (κ1) is 9.43. The Morgan fingerprint density at radius 2 is 1.81 bits per heavy atom. The van der Waals surface area contributed by atoms with Crippen LogP contribution in [-0.4, -0.2) is 9.55 Å². The molecule has 0 amide bonds. The average molecular weight is 229 g/mol. The van der Waals surface area contributed by atoms with Crippen molar-refractivity contribution in [2.24, 2.45) is 0 Å². The molecule has 0 N–H and O–H groups in total. The zero-order chi connectivity index (χ0) is 11.0. The van der Waals surface area contributed by atoms with E-state index in [2.05, 4.69) is 4.98 Å². The van der Waals surface area contributed by atoms with E-state index in [-0.39, 0.29) is 0 Å². The van der Waals surface area contributed by atoms with Gasteiger partial charge in [-0.3, -0.25) is 4.98 Å². The second-order valence-electron chi connectivity index (χ2n) is 3.55. The summed E-state index contributed by atoms with van der Waals surface area (Å²) in [7, 11) is 0. The van der Waals surface area contributed by atoms with Gasteiger partial charge in [0, 0.05) is 18.1 Å². The van der Waals surface area contributed by atoms with Crippen molar-refractivity contribution >= 4 is 22.6 Å². The van der Waals surface area contributed by atoms with Crippen LogP contribution in [0.25, 0.3) is 16.7 Å². The fraction of sp³-hybridized carbons (Fsp3) is 0. The van der Waals surface area contributed by atoms with Gasteiger partial charge in [-0.15, -0.1) is 0 Å². The van der Waals surface area contributed by atoms with Crippen molar-refractivity contribution in [1.82, 2.24) is 9.55 Å². The standard InChI is InChI=1S/C13H9ClN2/c14-11-6-8-15-12-7-9-16(13(11)12)10-4-2-1-3-5-10/h1-9H. The lowest BCUT2D eigenvalue weighted by atomic mass is 10.3. The highest BCUT2D eigenvalue weighted by atomic mass is 35.5. The molecule has 0 spiro atoms. The molecule has 2 aromatic heterocycles. The van der Waals surface area contributed by atoms with Crippen LogP contribution in [-0.2, 0) is 0 Å². The molecule has 0 bridgehead atoms. The lowest BCUT2D eigenvalue weighted by molar-refractivity contribution is 1.13. The van der Waals surface area contributed by atoms with Crippen LogP contribution in [0.2, 0.25) is 5.02 Å². The van der Waals surface area contributed by atoms with E-state index >= 15 is 0 Å². The highest BCUT2D eigenvalue weighted by Crippen LogP contribution is 2.25. The molecule has 0 radical (unpaired) electrons. The van der Waals surface area contributed by atoms with E-state index in [0.29, 0.717) is 0 Å². The molecule has 1 aromatic carbocycles. The Labute approximate surface area is 98.1 Å². The monoisotopic (exact) mass is 228 g/mol. The van der Waals surface area contributed by atoms with E-state index < -0.39 is 0 Å². The van der Waals surface area contributed by atoms with E-state index in [1.54, 1.807) is 6.20 Å². The molecule has 0 aliphatic rings. The van der Waals surface area contributed by atoms with Crippen LogP contribution in [0.4, 0.5) is 0 Å². The summed E-state index contributed by atoms with van der Waals surface area (Å²) in [4.78, 5) is 4.28. The van der Waals surface area contributed by atoms with Gasteiger partial charge in [-0.25, -0.2) is 0 Å². The first-order valence-electron chi connectivity index (χ1n) is 5.03. The van der Waals surface area contributed by atoms with E-state index in [9.17, 15) is 0 Å². The van der Waals surface area contributed by atoms with Crippen LogP contribution in [0.3, 0.4) is 0 Å². The molecule has 0 atom stereocenters. The Morgan fingerprint density at radius 1 is 1.00 bits per heavy atom. The van der Waals surface area contributed by atoms with Crippen LogP contribution < -0.4 is 0 Å². The van der Waals surface area contributed by atoms with Gasteiger partial charge in [0.25, 0.3) is 0 Å². The van der Waals surface area contributed by atoms with Crippen molar-refractivity contribution in [3.8, 4) is 5.69 Å². The number of aromatic nitrogens is 2. The Morgan fingerprint density at radius 3 is 2.62 bits per heavy atom. The summed E-state index contributed by atoms with van der Waals surface area (Å²) >= 11 is 6.19. The number of nitrogens with zero attached hydrogens (tertiary/aromatic N) is 2. The lowest BCUT2D eigenvalue weighted by Crippen LogP contribution is -1.91. The summed E-state index contributed by atoms with van der Waals surface area (Å²) in [6, 6.07) is 13.9. The van der Waals surface area contributed by atoms with Crippen LogP contribution in [0.15, 0.2) is 54.9 Å². The second kappa shape index (κ2) is 3.65. The predicted octanol–water partition coefficient (Wildman–Crippen LogP) is 3.68. The van der Waals surface area contributed by atoms with Gasteiger partial charge in [0.15, 0.2) is 0 Å². The molecule has 0 fully saturated rings. The molecule has 2 nitrogen and oxygen atoms in total. The third-order valence-corrected chi connectivity index (χ3v) is 2.87. The molecule has 0 unspecified atom stereocenters. The quantitative estimate of drug-likeness (QED) is 0.621. The minimum absolute atomic E-state index is 0.721. The van der Waals surface area contributed by atoms with Gasteiger partial charge in [0.2, 0.25) is 0 Å². The SMILES string of the molecule is Clc1ccnc2ccn(-c3ccccc3)c12. The summed E-state index contributed by atoms with van der Waals surface area (Å²) in [5.41, 5.74) is 2.96. The molecule has 0 saturated heterocycles. The molecule has 2 heterocycles. The topological polar surface area (TPSA) is 17.8 Å². The molecule has 0 aliphatic carbocycles. The van der Waals surface area contributed by atoms with Gasteiger partial charge in [0.1, 0.15) is 0 Å². The Bertz CT molecular complexity index is 629. The van der Waals surface area contributed by atoms with E-state index in [1.807, 2.05) is 53.2 Å². The van der Waals surface area contributed by atoms with Gasteiger partial charge >= 0.3 is 0 Å². The van der Waals surface area contributed by atoms with E-state index in [0.717, 1.165) is 21.7 Å². The van der Waals surface area contributed by atoms with Gasteiger partial charge in [-0.1, -0.05) is 29.8 Å². The molecular weight excluding hydrogens is 220 g/mol. The highest BCUT2D eigenvalue weighted by molar-refractivity contribution is 6.35. The molecule has 16 heavy (non-hydrogen) atoms. The zero-order valence-electron chi connectivity index (χ0n) is 8.47. The highest BCUT2D eigenvalue weighted by Gasteiger charge is 2.06. The Hall–Kier alpha value is -1.80. The number of fused-ring (bicyclic) bond motifs is 1. The van der Waals surface area contributed by atoms with Gasteiger partial charge in [-0.05, 0) is 24.3 Å². The molecule has 0 aliphatic heterocycles. The minimum Gasteiger partial charge on any atom is -0.314 e. The smallest absolute Gasteiger partial charge is 0.0903 e. The molecule has 3 aromatic rings. The van der Waals surface area contributed by atoms with E-state index in [4.69, 9.17) is 11.6 Å². The number of para-hydroxylation sites is 1. The Kier molecular flexibility index (Phi) is 2.15. The lowest BCUT2D eigenvalue weighted by Gasteiger charge is -2.05. The number of benzene rings is 1. The molecule has 3 heteroatoms. The zero-order valence-corrected chi connectivity index (χ0v) is 9.22. The van der Waals surface area contributed by atoms with E-state index in [1.165, 1.54) is 0 Å². The fourth-order valence-electron chi connectivity index (χ4n) is 1.83. The maximum absolute atomic E-state index is 6.19. The fourth-order valence-corrected chi connectivity index (χ4v) is 2.07. The summed E-state index contributed by atoms with van der Waals surface area (Å²) < 4.78 is 2.05. The molecule has 0 saturated carbocycles. The van der Waals surface area contributed by atoms with Crippen LogP contribution >= 0.6 is 11.6 Å². The van der Waals surface area contributed by atoms with Crippen molar-refractivity contribution in [2.45, 2.75) is 0 Å².